The van der Waals surface area contributed by atoms with Crippen LogP contribution < -0.4 is 0 Å². The molecule has 0 N–H and O–H groups in total. The van der Waals surface area contributed by atoms with Crippen molar-refractivity contribution < 1.29 is 18.7 Å². The zero-order chi connectivity index (χ0) is 14.9. The lowest BCUT2D eigenvalue weighted by molar-refractivity contribution is -0.272. The van der Waals surface area contributed by atoms with Gasteiger partial charge in [0.05, 0.1) is 6.61 Å². The SMILES string of the molecule is CO[C@@]1(C=O)OCC[C@H](C)[C@H]1O[Si](C)(C)C(C)(C)C. The van der Waals surface area contributed by atoms with Gasteiger partial charge in [0.25, 0.3) is 5.79 Å². The summed E-state index contributed by atoms with van der Waals surface area (Å²) in [5.41, 5.74) is 0. The van der Waals surface area contributed by atoms with Crippen molar-refractivity contribution >= 4 is 14.6 Å². The van der Waals surface area contributed by atoms with Crippen LogP contribution in [0.15, 0.2) is 0 Å². The van der Waals surface area contributed by atoms with E-state index in [1.54, 1.807) is 0 Å². The highest BCUT2D eigenvalue weighted by Crippen LogP contribution is 2.41. The van der Waals surface area contributed by atoms with E-state index in [1.807, 2.05) is 0 Å². The Hall–Kier alpha value is -0.233. The fourth-order valence-corrected chi connectivity index (χ4v) is 3.44. The predicted octanol–water partition coefficient (Wildman–Crippen LogP) is 2.97. The van der Waals surface area contributed by atoms with E-state index in [1.165, 1.54) is 7.11 Å². The zero-order valence-electron chi connectivity index (χ0n) is 13.3. The lowest BCUT2D eigenvalue weighted by Gasteiger charge is -2.48. The third-order valence-electron chi connectivity index (χ3n) is 4.53. The summed E-state index contributed by atoms with van der Waals surface area (Å²) < 4.78 is 17.4. The summed E-state index contributed by atoms with van der Waals surface area (Å²) in [6, 6.07) is 0. The molecule has 4 nitrogen and oxygen atoms in total. The van der Waals surface area contributed by atoms with E-state index in [0.717, 1.165) is 12.7 Å². The van der Waals surface area contributed by atoms with Crippen molar-refractivity contribution in [1.29, 1.82) is 0 Å². The largest absolute Gasteiger partial charge is 0.408 e. The second-order valence-electron chi connectivity index (χ2n) is 6.96. The Bertz CT molecular complexity index is 324. The van der Waals surface area contributed by atoms with Gasteiger partial charge < -0.3 is 13.9 Å². The van der Waals surface area contributed by atoms with Gasteiger partial charge in [-0.1, -0.05) is 27.7 Å². The average molecular weight is 288 g/mol. The molecule has 0 bridgehead atoms. The van der Waals surface area contributed by atoms with Crippen molar-refractivity contribution in [2.45, 2.75) is 64.1 Å². The van der Waals surface area contributed by atoms with Crippen LogP contribution in [0.4, 0.5) is 0 Å². The third-order valence-corrected chi connectivity index (χ3v) is 8.98. The van der Waals surface area contributed by atoms with Crippen LogP contribution >= 0.6 is 0 Å². The quantitative estimate of drug-likeness (QED) is 0.589. The molecule has 0 aromatic rings. The van der Waals surface area contributed by atoms with Crippen LogP contribution in [0.25, 0.3) is 0 Å². The first-order valence-corrected chi connectivity index (χ1v) is 9.84. The topological polar surface area (TPSA) is 44.8 Å². The highest BCUT2D eigenvalue weighted by Gasteiger charge is 2.51. The van der Waals surface area contributed by atoms with Crippen LogP contribution in [0.3, 0.4) is 0 Å². The molecule has 1 aliphatic heterocycles. The molecule has 1 saturated heterocycles. The molecular formula is C14H28O4Si. The van der Waals surface area contributed by atoms with Gasteiger partial charge in [-0.3, -0.25) is 4.79 Å². The molecule has 1 rings (SSSR count). The normalized spacial score (nSPS) is 33.2. The molecule has 3 atom stereocenters. The van der Waals surface area contributed by atoms with Crippen LogP contribution in [0, 0.1) is 5.92 Å². The lowest BCUT2D eigenvalue weighted by Crippen LogP contribution is -2.60. The van der Waals surface area contributed by atoms with Crippen molar-refractivity contribution in [2.75, 3.05) is 13.7 Å². The first-order valence-electron chi connectivity index (χ1n) is 6.93. The molecule has 1 fully saturated rings. The molecule has 0 aromatic carbocycles. The number of hydrogen-bond donors (Lipinski definition) is 0. The molecule has 1 aliphatic rings. The number of carbonyl (C=O) groups excluding carboxylic acids is 1. The third kappa shape index (κ3) is 3.27. The second kappa shape index (κ2) is 5.64. The second-order valence-corrected chi connectivity index (χ2v) is 11.7. The van der Waals surface area contributed by atoms with E-state index >= 15 is 0 Å². The average Bonchev–Trinajstić information content (AvgIpc) is 2.30. The lowest BCUT2D eigenvalue weighted by atomic mass is 9.92. The van der Waals surface area contributed by atoms with Gasteiger partial charge in [0.1, 0.15) is 6.10 Å². The van der Waals surface area contributed by atoms with E-state index in [9.17, 15) is 4.79 Å². The maximum atomic E-state index is 11.5. The van der Waals surface area contributed by atoms with Crippen molar-refractivity contribution in [2.24, 2.45) is 5.92 Å². The summed E-state index contributed by atoms with van der Waals surface area (Å²) in [5, 5.41) is 0.0898. The standard InChI is InChI=1S/C14H28O4Si/c1-11-8-9-17-14(10-15,16-5)12(11)18-19(6,7)13(2,3)4/h10-12H,8-9H2,1-7H3/t11-,12+,14-/m0/s1. The summed E-state index contributed by atoms with van der Waals surface area (Å²) >= 11 is 0. The highest BCUT2D eigenvalue weighted by molar-refractivity contribution is 6.74. The maximum absolute atomic E-state index is 11.5. The smallest absolute Gasteiger partial charge is 0.251 e. The maximum Gasteiger partial charge on any atom is 0.251 e. The van der Waals surface area contributed by atoms with Crippen molar-refractivity contribution in [1.82, 2.24) is 0 Å². The molecule has 0 radical (unpaired) electrons. The Morgan fingerprint density at radius 1 is 1.37 bits per heavy atom. The Labute approximate surface area is 117 Å². The number of methoxy groups -OCH3 is 1. The van der Waals surface area contributed by atoms with Gasteiger partial charge in [0.2, 0.25) is 0 Å². The van der Waals surface area contributed by atoms with Gasteiger partial charge in [-0.15, -0.1) is 0 Å². The summed E-state index contributed by atoms with van der Waals surface area (Å²) in [6.07, 6.45) is 1.31. The van der Waals surface area contributed by atoms with Crippen molar-refractivity contribution in [3.05, 3.63) is 0 Å². The predicted molar refractivity (Wildman–Crippen MR) is 77.6 cm³/mol. The number of rotatable bonds is 4. The van der Waals surface area contributed by atoms with Gasteiger partial charge in [-0.2, -0.15) is 0 Å². The Morgan fingerprint density at radius 2 is 1.95 bits per heavy atom. The highest BCUT2D eigenvalue weighted by atomic mass is 28.4. The Balaban J connectivity index is 3.02. The minimum absolute atomic E-state index is 0.0898. The van der Waals surface area contributed by atoms with Crippen molar-refractivity contribution in [3.8, 4) is 0 Å². The van der Waals surface area contributed by atoms with Gasteiger partial charge in [0.15, 0.2) is 14.6 Å². The van der Waals surface area contributed by atoms with E-state index in [4.69, 9.17) is 13.9 Å². The molecule has 5 heteroatoms. The monoisotopic (exact) mass is 288 g/mol. The van der Waals surface area contributed by atoms with Crippen LogP contribution in [-0.4, -0.2) is 40.2 Å². The van der Waals surface area contributed by atoms with Gasteiger partial charge >= 0.3 is 0 Å². The first-order chi connectivity index (χ1) is 8.59. The number of carbonyl (C=O) groups is 1. The van der Waals surface area contributed by atoms with Gasteiger partial charge in [0, 0.05) is 7.11 Å². The van der Waals surface area contributed by atoms with E-state index in [2.05, 4.69) is 40.8 Å². The summed E-state index contributed by atoms with van der Waals surface area (Å²) in [5.74, 6) is -0.999. The fourth-order valence-electron chi connectivity index (χ4n) is 2.05. The summed E-state index contributed by atoms with van der Waals surface area (Å²) in [4.78, 5) is 11.5. The molecule has 112 valence electrons. The fraction of sp³-hybridized carbons (Fsp3) is 0.929. The van der Waals surface area contributed by atoms with Crippen LogP contribution in [-0.2, 0) is 18.7 Å². The molecule has 0 amide bonds. The molecule has 0 saturated carbocycles. The van der Waals surface area contributed by atoms with Gasteiger partial charge in [-0.25, -0.2) is 0 Å². The van der Waals surface area contributed by atoms with E-state index in [-0.39, 0.29) is 17.1 Å². The van der Waals surface area contributed by atoms with Gasteiger partial charge in [-0.05, 0) is 30.5 Å². The summed E-state index contributed by atoms with van der Waals surface area (Å²) in [6.45, 7) is 13.5. The molecular weight excluding hydrogens is 260 g/mol. The van der Waals surface area contributed by atoms with Crippen LogP contribution in [0.1, 0.15) is 34.1 Å². The molecule has 0 aliphatic carbocycles. The minimum atomic E-state index is -1.97. The number of ether oxygens (including phenoxy) is 2. The van der Waals surface area contributed by atoms with Crippen LogP contribution in [0.5, 0.6) is 0 Å². The first kappa shape index (κ1) is 16.8. The Kier molecular flexibility index (Phi) is 4.99. The molecule has 19 heavy (non-hydrogen) atoms. The van der Waals surface area contributed by atoms with Crippen molar-refractivity contribution in [3.63, 3.8) is 0 Å². The molecule has 0 unspecified atom stereocenters. The molecule has 1 heterocycles. The van der Waals surface area contributed by atoms with E-state index < -0.39 is 14.1 Å². The minimum Gasteiger partial charge on any atom is -0.408 e. The zero-order valence-corrected chi connectivity index (χ0v) is 14.3. The summed E-state index contributed by atoms with van der Waals surface area (Å²) in [7, 11) is -0.466. The van der Waals surface area contributed by atoms with Crippen LogP contribution in [0.2, 0.25) is 18.1 Å². The molecule has 0 aromatic heterocycles. The number of aldehydes is 1. The van der Waals surface area contributed by atoms with E-state index in [0.29, 0.717) is 6.61 Å². The Morgan fingerprint density at radius 3 is 2.37 bits per heavy atom. The molecule has 0 spiro atoms. The number of hydrogen-bond acceptors (Lipinski definition) is 4.